The molecule has 0 fully saturated rings. The smallest absolute Gasteiger partial charge is 0.327 e. The van der Waals surface area contributed by atoms with E-state index in [1.807, 2.05) is 0 Å². The molecule has 0 aromatic heterocycles. The molecule has 3 nitrogen and oxygen atoms in total. The van der Waals surface area contributed by atoms with Gasteiger partial charge < -0.3 is 10.8 Å². The fraction of sp³-hybridized carbons (Fsp3) is 0.500. The van der Waals surface area contributed by atoms with E-state index in [2.05, 4.69) is 0 Å². The number of aliphatic carboxylic acids is 1. The van der Waals surface area contributed by atoms with Gasteiger partial charge in [-0.2, -0.15) is 0 Å². The van der Waals surface area contributed by atoms with Gasteiger partial charge in [-0.25, -0.2) is 4.79 Å². The number of unbranched alkanes of at least 4 members (excludes halogenated alkanes) is 1. The van der Waals surface area contributed by atoms with Crippen molar-refractivity contribution in [1.29, 1.82) is 0 Å². The predicted molar refractivity (Wildman–Crippen MR) is 35.1 cm³/mol. The Kier molecular flexibility index (Phi) is 4.82. The van der Waals surface area contributed by atoms with Crippen LogP contribution in [-0.2, 0) is 4.79 Å². The first kappa shape index (κ1) is 8.17. The van der Waals surface area contributed by atoms with Crippen LogP contribution in [0.3, 0.4) is 0 Å². The third kappa shape index (κ3) is 7.17. The molecule has 0 rings (SSSR count). The molecule has 0 heterocycles. The Morgan fingerprint density at radius 2 is 2.33 bits per heavy atom. The molecule has 52 valence electrons. The number of hydrogen-bond acceptors (Lipinski definition) is 2. The molecule has 0 spiro atoms. The minimum Gasteiger partial charge on any atom is -0.478 e. The van der Waals surface area contributed by atoms with Gasteiger partial charge in [0.2, 0.25) is 0 Å². The van der Waals surface area contributed by atoms with E-state index in [9.17, 15) is 4.79 Å². The topological polar surface area (TPSA) is 63.3 Å². The molecule has 0 saturated carbocycles. The van der Waals surface area contributed by atoms with Crippen LogP contribution in [0.5, 0.6) is 0 Å². The lowest BCUT2D eigenvalue weighted by Gasteiger charge is -1.85. The van der Waals surface area contributed by atoms with E-state index in [4.69, 9.17) is 10.8 Å². The van der Waals surface area contributed by atoms with Gasteiger partial charge in [0.1, 0.15) is 0 Å². The van der Waals surface area contributed by atoms with Crippen LogP contribution in [0, 0.1) is 0 Å². The molecule has 3 heteroatoms. The molecular weight excluding hydrogens is 118 g/mol. The maximum absolute atomic E-state index is 9.84. The van der Waals surface area contributed by atoms with Crippen molar-refractivity contribution in [2.45, 2.75) is 12.8 Å². The Bertz CT molecular complexity index is 110. The normalized spacial score (nSPS) is 10.3. The van der Waals surface area contributed by atoms with Gasteiger partial charge in [0.05, 0.1) is 0 Å². The van der Waals surface area contributed by atoms with Crippen molar-refractivity contribution in [3.63, 3.8) is 0 Å². The molecule has 3 N–H and O–H groups in total. The average Bonchev–Trinajstić information content (AvgIpc) is 1.80. The second kappa shape index (κ2) is 5.31. The van der Waals surface area contributed by atoms with Crippen molar-refractivity contribution in [2.75, 3.05) is 6.54 Å². The SMILES string of the molecule is NCCCC=CC(=O)O. The summed E-state index contributed by atoms with van der Waals surface area (Å²) in [4.78, 5) is 9.84. The third-order valence-corrected chi connectivity index (χ3v) is 0.835. The van der Waals surface area contributed by atoms with Gasteiger partial charge in [0.15, 0.2) is 0 Å². The standard InChI is InChI=1S/C6H11NO2/c7-5-3-1-2-4-6(8)9/h2,4H,1,3,5,7H2,(H,8,9). The van der Waals surface area contributed by atoms with Crippen LogP contribution in [-0.4, -0.2) is 17.6 Å². The number of carboxylic acids is 1. The molecule has 0 atom stereocenters. The quantitative estimate of drug-likeness (QED) is 0.425. The van der Waals surface area contributed by atoms with Crippen molar-refractivity contribution in [1.82, 2.24) is 0 Å². The van der Waals surface area contributed by atoms with Crippen molar-refractivity contribution in [3.8, 4) is 0 Å². The Labute approximate surface area is 54.2 Å². The van der Waals surface area contributed by atoms with Crippen LogP contribution >= 0.6 is 0 Å². The second-order valence-corrected chi connectivity index (χ2v) is 1.67. The number of carbonyl (C=O) groups is 1. The fourth-order valence-electron chi connectivity index (χ4n) is 0.420. The molecule has 0 aliphatic rings. The zero-order valence-electron chi connectivity index (χ0n) is 5.21. The highest BCUT2D eigenvalue weighted by molar-refractivity contribution is 5.79. The van der Waals surface area contributed by atoms with E-state index in [0.717, 1.165) is 18.9 Å². The number of allylic oxidation sites excluding steroid dienone is 1. The van der Waals surface area contributed by atoms with Gasteiger partial charge in [-0.3, -0.25) is 0 Å². The van der Waals surface area contributed by atoms with Crippen LogP contribution in [0.4, 0.5) is 0 Å². The third-order valence-electron chi connectivity index (χ3n) is 0.835. The van der Waals surface area contributed by atoms with E-state index < -0.39 is 5.97 Å². The van der Waals surface area contributed by atoms with Gasteiger partial charge in [0, 0.05) is 6.08 Å². The molecular formula is C6H11NO2. The Balaban J connectivity index is 3.15. The maximum atomic E-state index is 9.84. The highest BCUT2D eigenvalue weighted by atomic mass is 16.4. The fourth-order valence-corrected chi connectivity index (χ4v) is 0.420. The first-order valence-corrected chi connectivity index (χ1v) is 2.87. The lowest BCUT2D eigenvalue weighted by molar-refractivity contribution is -0.131. The Hall–Kier alpha value is -0.830. The maximum Gasteiger partial charge on any atom is 0.327 e. The van der Waals surface area contributed by atoms with E-state index in [1.165, 1.54) is 0 Å². The van der Waals surface area contributed by atoms with Crippen LogP contribution in [0.1, 0.15) is 12.8 Å². The second-order valence-electron chi connectivity index (χ2n) is 1.67. The molecule has 0 radical (unpaired) electrons. The van der Waals surface area contributed by atoms with Crippen LogP contribution < -0.4 is 5.73 Å². The lowest BCUT2D eigenvalue weighted by atomic mass is 10.3. The monoisotopic (exact) mass is 129 g/mol. The number of nitrogens with two attached hydrogens (primary N) is 1. The first-order valence-electron chi connectivity index (χ1n) is 2.87. The molecule has 0 amide bonds. The van der Waals surface area contributed by atoms with Crippen molar-refractivity contribution >= 4 is 5.97 Å². The van der Waals surface area contributed by atoms with Crippen molar-refractivity contribution in [2.24, 2.45) is 5.73 Å². The largest absolute Gasteiger partial charge is 0.478 e. The molecule has 0 bridgehead atoms. The van der Waals surface area contributed by atoms with E-state index in [0.29, 0.717) is 6.54 Å². The van der Waals surface area contributed by atoms with Gasteiger partial charge in [0.25, 0.3) is 0 Å². The first-order chi connectivity index (χ1) is 4.27. The summed E-state index contributed by atoms with van der Waals surface area (Å²) in [6.07, 6.45) is 4.34. The summed E-state index contributed by atoms with van der Waals surface area (Å²) in [5, 5.41) is 8.09. The van der Waals surface area contributed by atoms with Crippen LogP contribution in [0.15, 0.2) is 12.2 Å². The van der Waals surface area contributed by atoms with Crippen LogP contribution in [0.2, 0.25) is 0 Å². The van der Waals surface area contributed by atoms with Gasteiger partial charge >= 0.3 is 5.97 Å². The van der Waals surface area contributed by atoms with Gasteiger partial charge in [-0.05, 0) is 19.4 Å². The van der Waals surface area contributed by atoms with Crippen molar-refractivity contribution < 1.29 is 9.90 Å². The summed E-state index contributed by atoms with van der Waals surface area (Å²) in [6.45, 7) is 0.615. The molecule has 0 aromatic carbocycles. The minimum absolute atomic E-state index is 0.615. The van der Waals surface area contributed by atoms with Gasteiger partial charge in [-0.1, -0.05) is 6.08 Å². The van der Waals surface area contributed by atoms with E-state index in [-0.39, 0.29) is 0 Å². The number of rotatable bonds is 4. The molecule has 0 aliphatic carbocycles. The zero-order chi connectivity index (χ0) is 7.11. The average molecular weight is 129 g/mol. The highest BCUT2D eigenvalue weighted by Gasteiger charge is 1.83. The predicted octanol–water partition coefficient (Wildman–Crippen LogP) is 0.366. The summed E-state index contributed by atoms with van der Waals surface area (Å²) in [5.41, 5.74) is 5.16. The van der Waals surface area contributed by atoms with Gasteiger partial charge in [-0.15, -0.1) is 0 Å². The van der Waals surface area contributed by atoms with E-state index in [1.54, 1.807) is 6.08 Å². The lowest BCUT2D eigenvalue weighted by Crippen LogP contribution is -1.96. The Morgan fingerprint density at radius 3 is 2.78 bits per heavy atom. The summed E-state index contributed by atoms with van der Waals surface area (Å²) in [7, 11) is 0. The molecule has 0 unspecified atom stereocenters. The van der Waals surface area contributed by atoms with Crippen molar-refractivity contribution in [3.05, 3.63) is 12.2 Å². The zero-order valence-corrected chi connectivity index (χ0v) is 5.21. The Morgan fingerprint density at radius 1 is 1.67 bits per heavy atom. The number of hydrogen-bond donors (Lipinski definition) is 2. The molecule has 9 heavy (non-hydrogen) atoms. The highest BCUT2D eigenvalue weighted by Crippen LogP contribution is 1.86. The van der Waals surface area contributed by atoms with Crippen LogP contribution in [0.25, 0.3) is 0 Å². The summed E-state index contributed by atoms with van der Waals surface area (Å²) in [5.74, 6) is -0.896. The molecule has 0 aliphatic heterocycles. The van der Waals surface area contributed by atoms with E-state index >= 15 is 0 Å². The summed E-state index contributed by atoms with van der Waals surface area (Å²) >= 11 is 0. The summed E-state index contributed by atoms with van der Waals surface area (Å²) in [6, 6.07) is 0. The number of carboxylic acid groups (broad SMARTS) is 1. The summed E-state index contributed by atoms with van der Waals surface area (Å²) < 4.78 is 0. The molecule has 0 aromatic rings. The molecule has 0 saturated heterocycles. The minimum atomic E-state index is -0.896.